The fourth-order valence-corrected chi connectivity index (χ4v) is 2.15. The Kier molecular flexibility index (Phi) is 5.93. The van der Waals surface area contributed by atoms with Crippen LogP contribution in [0, 0.1) is 0 Å². The molecule has 0 saturated carbocycles. The van der Waals surface area contributed by atoms with Crippen LogP contribution in [0.1, 0.15) is 11.1 Å². The van der Waals surface area contributed by atoms with E-state index in [4.69, 9.17) is 16.3 Å². The lowest BCUT2D eigenvalue weighted by molar-refractivity contribution is -0.136. The van der Waals surface area contributed by atoms with Crippen LogP contribution in [0.4, 0.5) is 23.7 Å². The number of methoxy groups -OCH3 is 1. The number of benzene rings is 2. The van der Waals surface area contributed by atoms with Crippen LogP contribution < -0.4 is 15.4 Å². The van der Waals surface area contributed by atoms with E-state index < -0.39 is 17.8 Å². The summed E-state index contributed by atoms with van der Waals surface area (Å²) < 4.78 is 44.0. The molecule has 0 saturated heterocycles. The second kappa shape index (κ2) is 7.94. The molecule has 0 unspecified atom stereocenters. The molecule has 4 nitrogen and oxygen atoms in total. The number of anilines is 1. The van der Waals surface area contributed by atoms with E-state index in [1.54, 1.807) is 30.3 Å². The Bertz CT molecular complexity index is 792. The third-order valence-electron chi connectivity index (χ3n) is 3.12. The third-order valence-corrected chi connectivity index (χ3v) is 3.35. The molecule has 0 radical (unpaired) electrons. The number of rotatable bonds is 4. The van der Waals surface area contributed by atoms with Crippen molar-refractivity contribution in [3.05, 3.63) is 64.8 Å². The van der Waals surface area contributed by atoms with E-state index in [0.717, 1.165) is 17.7 Å². The van der Waals surface area contributed by atoms with Gasteiger partial charge in [-0.25, -0.2) is 4.79 Å². The molecule has 0 atom stereocenters. The van der Waals surface area contributed by atoms with E-state index >= 15 is 0 Å². The SMILES string of the molecule is COc1cccc(/C=C/NC(=O)Nc2ccc(Cl)cc2C(F)(F)F)c1. The van der Waals surface area contributed by atoms with Crippen LogP contribution >= 0.6 is 11.6 Å². The first-order valence-corrected chi connectivity index (χ1v) is 7.42. The standard InChI is InChI=1S/C17H14ClF3N2O2/c1-25-13-4-2-3-11(9-13)7-8-22-16(24)23-15-6-5-12(18)10-14(15)17(19,20)21/h2-10H,1H3,(H2,22,23,24)/b8-7+. The monoisotopic (exact) mass is 370 g/mol. The first kappa shape index (κ1) is 18.7. The number of carbonyl (C=O) groups is 1. The van der Waals surface area contributed by atoms with Gasteiger partial charge in [-0.2, -0.15) is 13.2 Å². The first-order chi connectivity index (χ1) is 11.8. The second-order valence-corrected chi connectivity index (χ2v) is 5.33. The normalized spacial score (nSPS) is 11.4. The van der Waals surface area contributed by atoms with Gasteiger partial charge in [0.05, 0.1) is 18.4 Å². The average molecular weight is 371 g/mol. The summed E-state index contributed by atoms with van der Waals surface area (Å²) in [5.74, 6) is 0.641. The molecule has 132 valence electrons. The fraction of sp³-hybridized carbons (Fsp3) is 0.118. The van der Waals surface area contributed by atoms with Crippen molar-refractivity contribution < 1.29 is 22.7 Å². The van der Waals surface area contributed by atoms with E-state index in [-0.39, 0.29) is 10.7 Å². The number of urea groups is 1. The lowest BCUT2D eigenvalue weighted by Crippen LogP contribution is -2.25. The minimum Gasteiger partial charge on any atom is -0.497 e. The topological polar surface area (TPSA) is 50.4 Å². The summed E-state index contributed by atoms with van der Waals surface area (Å²) in [5.41, 5.74) is -0.654. The van der Waals surface area contributed by atoms with Crippen LogP contribution in [0.15, 0.2) is 48.7 Å². The van der Waals surface area contributed by atoms with Crippen molar-refractivity contribution in [1.29, 1.82) is 0 Å². The molecule has 25 heavy (non-hydrogen) atoms. The molecular weight excluding hydrogens is 357 g/mol. The Labute approximate surface area is 147 Å². The molecule has 0 aliphatic rings. The van der Waals surface area contributed by atoms with Crippen LogP contribution in [0.5, 0.6) is 5.75 Å². The highest BCUT2D eigenvalue weighted by Crippen LogP contribution is 2.36. The van der Waals surface area contributed by atoms with Gasteiger partial charge < -0.3 is 15.4 Å². The van der Waals surface area contributed by atoms with Gasteiger partial charge >= 0.3 is 12.2 Å². The van der Waals surface area contributed by atoms with Gasteiger partial charge in [-0.15, -0.1) is 0 Å². The number of alkyl halides is 3. The first-order valence-electron chi connectivity index (χ1n) is 7.04. The summed E-state index contributed by atoms with van der Waals surface area (Å²) in [5, 5.41) is 4.41. The average Bonchev–Trinajstić information content (AvgIpc) is 2.56. The fourth-order valence-electron chi connectivity index (χ4n) is 1.98. The molecule has 2 rings (SSSR count). The summed E-state index contributed by atoms with van der Waals surface area (Å²) in [7, 11) is 1.53. The lowest BCUT2D eigenvalue weighted by Gasteiger charge is -2.13. The summed E-state index contributed by atoms with van der Waals surface area (Å²) in [6, 6.07) is 9.33. The zero-order valence-electron chi connectivity index (χ0n) is 13.0. The van der Waals surface area contributed by atoms with Crippen LogP contribution in [0.25, 0.3) is 6.08 Å². The van der Waals surface area contributed by atoms with E-state index in [1.165, 1.54) is 19.4 Å². The molecule has 0 fully saturated rings. The van der Waals surface area contributed by atoms with Gasteiger partial charge in [0.2, 0.25) is 0 Å². The smallest absolute Gasteiger partial charge is 0.418 e. The van der Waals surface area contributed by atoms with Crippen LogP contribution in [0.3, 0.4) is 0 Å². The summed E-state index contributed by atoms with van der Waals surface area (Å²) in [6.45, 7) is 0. The second-order valence-electron chi connectivity index (χ2n) is 4.90. The van der Waals surface area contributed by atoms with E-state index in [0.29, 0.717) is 5.75 Å². The molecular formula is C17H14ClF3N2O2. The van der Waals surface area contributed by atoms with Crippen molar-refractivity contribution in [3.8, 4) is 5.75 Å². The predicted molar refractivity (Wildman–Crippen MR) is 90.6 cm³/mol. The predicted octanol–water partition coefficient (Wildman–Crippen LogP) is 5.16. The van der Waals surface area contributed by atoms with E-state index in [2.05, 4.69) is 10.6 Å². The van der Waals surface area contributed by atoms with Crippen molar-refractivity contribution in [1.82, 2.24) is 5.32 Å². The van der Waals surface area contributed by atoms with Gasteiger partial charge in [-0.3, -0.25) is 0 Å². The zero-order chi connectivity index (χ0) is 18.4. The molecule has 2 aromatic rings. The Morgan fingerprint density at radius 3 is 2.64 bits per heavy atom. The highest BCUT2D eigenvalue weighted by Gasteiger charge is 2.34. The summed E-state index contributed by atoms with van der Waals surface area (Å²) in [6.07, 6.45) is -1.74. The van der Waals surface area contributed by atoms with Crippen LogP contribution in [-0.4, -0.2) is 13.1 Å². The number of carbonyl (C=O) groups excluding carboxylic acids is 1. The number of ether oxygens (including phenoxy) is 1. The van der Waals surface area contributed by atoms with Gasteiger partial charge in [0.25, 0.3) is 0 Å². The third kappa shape index (κ3) is 5.42. The summed E-state index contributed by atoms with van der Waals surface area (Å²) >= 11 is 5.59. The van der Waals surface area contributed by atoms with Gasteiger partial charge in [-0.1, -0.05) is 23.7 Å². The van der Waals surface area contributed by atoms with Crippen molar-refractivity contribution >= 4 is 29.4 Å². The van der Waals surface area contributed by atoms with Gasteiger partial charge in [0, 0.05) is 11.2 Å². The van der Waals surface area contributed by atoms with Crippen molar-refractivity contribution in [3.63, 3.8) is 0 Å². The number of amides is 2. The van der Waals surface area contributed by atoms with E-state index in [1.807, 2.05) is 0 Å². The number of halogens is 4. The quantitative estimate of drug-likeness (QED) is 0.781. The Hall–Kier alpha value is -2.67. The van der Waals surface area contributed by atoms with E-state index in [9.17, 15) is 18.0 Å². The van der Waals surface area contributed by atoms with Gasteiger partial charge in [-0.05, 0) is 42.0 Å². The molecule has 0 aromatic heterocycles. The maximum absolute atomic E-state index is 13.0. The molecule has 0 aliphatic heterocycles. The largest absolute Gasteiger partial charge is 0.497 e. The maximum Gasteiger partial charge on any atom is 0.418 e. The molecule has 2 aromatic carbocycles. The van der Waals surface area contributed by atoms with Gasteiger partial charge in [0.1, 0.15) is 5.75 Å². The van der Waals surface area contributed by atoms with Crippen LogP contribution in [-0.2, 0) is 6.18 Å². The molecule has 2 amide bonds. The zero-order valence-corrected chi connectivity index (χ0v) is 13.8. The maximum atomic E-state index is 13.0. The minimum absolute atomic E-state index is 0.0730. The number of hydrogen-bond acceptors (Lipinski definition) is 2. The lowest BCUT2D eigenvalue weighted by atomic mass is 10.1. The van der Waals surface area contributed by atoms with Crippen molar-refractivity contribution in [2.45, 2.75) is 6.18 Å². The van der Waals surface area contributed by atoms with Crippen molar-refractivity contribution in [2.24, 2.45) is 0 Å². The highest BCUT2D eigenvalue weighted by atomic mass is 35.5. The Morgan fingerprint density at radius 1 is 1.20 bits per heavy atom. The Morgan fingerprint density at radius 2 is 1.96 bits per heavy atom. The molecule has 8 heteroatoms. The Balaban J connectivity index is 2.04. The molecule has 0 spiro atoms. The number of hydrogen-bond donors (Lipinski definition) is 2. The molecule has 0 heterocycles. The molecule has 0 aliphatic carbocycles. The summed E-state index contributed by atoms with van der Waals surface area (Å²) in [4.78, 5) is 11.8. The van der Waals surface area contributed by atoms with Crippen LogP contribution in [0.2, 0.25) is 5.02 Å². The van der Waals surface area contributed by atoms with Crippen molar-refractivity contribution in [2.75, 3.05) is 12.4 Å². The highest BCUT2D eigenvalue weighted by molar-refractivity contribution is 6.30. The molecule has 2 N–H and O–H groups in total. The minimum atomic E-state index is -4.63. The number of nitrogens with one attached hydrogen (secondary N) is 2. The molecule has 0 bridgehead atoms. The van der Waals surface area contributed by atoms with Gasteiger partial charge in [0.15, 0.2) is 0 Å².